The molecule has 22 heavy (non-hydrogen) atoms. The lowest BCUT2D eigenvalue weighted by molar-refractivity contribution is -0.137. The highest BCUT2D eigenvalue weighted by molar-refractivity contribution is 6.34. The van der Waals surface area contributed by atoms with Crippen LogP contribution in [0, 0.1) is 6.92 Å². The molecule has 0 saturated carbocycles. The average molecular weight is 339 g/mol. The highest BCUT2D eigenvalue weighted by Crippen LogP contribution is 2.37. The summed E-state index contributed by atoms with van der Waals surface area (Å²) >= 11 is 12.0. The minimum Gasteiger partial charge on any atom is -0.294 e. The number of ketones is 1. The van der Waals surface area contributed by atoms with Crippen LogP contribution in [0.25, 0.3) is 0 Å². The number of aromatic amines is 1. The Kier molecular flexibility index (Phi) is 3.90. The number of aromatic nitrogens is 2. The van der Waals surface area contributed by atoms with Crippen LogP contribution in [0.5, 0.6) is 0 Å². The van der Waals surface area contributed by atoms with Crippen LogP contribution in [0.2, 0.25) is 5.02 Å². The number of hydrazine groups is 1. The topological polar surface area (TPSA) is 78.1 Å². The fourth-order valence-electron chi connectivity index (χ4n) is 2.33. The van der Waals surface area contributed by atoms with E-state index < -0.39 is 11.5 Å². The minimum atomic E-state index is -0.838. The molecule has 1 aromatic carbocycles. The molecule has 0 radical (unpaired) electrons. The Labute approximate surface area is 136 Å². The molecule has 1 aliphatic heterocycles. The molecule has 0 amide bonds. The van der Waals surface area contributed by atoms with Crippen molar-refractivity contribution in [1.29, 1.82) is 0 Å². The molecular weight excluding hydrogens is 327 g/mol. The summed E-state index contributed by atoms with van der Waals surface area (Å²) in [6.07, 6.45) is 0. The van der Waals surface area contributed by atoms with Crippen LogP contribution in [0.1, 0.15) is 17.3 Å². The molecule has 0 spiro atoms. The smallest absolute Gasteiger partial charge is 0.252 e. The first-order valence-electron chi connectivity index (χ1n) is 6.52. The van der Waals surface area contributed by atoms with Gasteiger partial charge in [-0.1, -0.05) is 35.3 Å². The lowest BCUT2D eigenvalue weighted by Gasteiger charge is -2.43. The molecule has 1 saturated heterocycles. The van der Waals surface area contributed by atoms with Crippen LogP contribution in [0.4, 0.5) is 5.95 Å². The fourth-order valence-corrected chi connectivity index (χ4v) is 2.81. The molecule has 3 rings (SSSR count). The third kappa shape index (κ3) is 2.72. The standard InChI is InChI=1S/C14H12Cl2N4O2/c1-7-5-10(21)18-14(17-7)19-20-11(12(22)13(20)16)8-3-2-4-9(15)6-8/h2-6,11,13H,1H3,(H2,17,18,19,21)/t11-,13?/m0/s1. The maximum Gasteiger partial charge on any atom is 0.252 e. The summed E-state index contributed by atoms with van der Waals surface area (Å²) in [4.78, 5) is 30.2. The Morgan fingerprint density at radius 3 is 2.77 bits per heavy atom. The normalized spacial score (nSPS) is 21.5. The zero-order valence-corrected chi connectivity index (χ0v) is 13.0. The fraction of sp³-hybridized carbons (Fsp3) is 0.214. The number of aryl methyl sites for hydroxylation is 1. The number of nitrogens with one attached hydrogen (secondary N) is 2. The van der Waals surface area contributed by atoms with E-state index >= 15 is 0 Å². The van der Waals surface area contributed by atoms with Crippen LogP contribution in [0.3, 0.4) is 0 Å². The maximum absolute atomic E-state index is 12.1. The van der Waals surface area contributed by atoms with Gasteiger partial charge in [-0.3, -0.25) is 20.0 Å². The number of anilines is 1. The molecule has 0 bridgehead atoms. The molecule has 1 aliphatic rings. The monoisotopic (exact) mass is 338 g/mol. The number of carbonyl (C=O) groups excluding carboxylic acids is 1. The van der Waals surface area contributed by atoms with Gasteiger partial charge in [0, 0.05) is 16.8 Å². The number of alkyl halides is 1. The summed E-state index contributed by atoms with van der Waals surface area (Å²) in [6.45, 7) is 1.70. The van der Waals surface area contributed by atoms with Gasteiger partial charge in [0.05, 0.1) is 0 Å². The first-order valence-corrected chi connectivity index (χ1v) is 7.33. The predicted octanol–water partition coefficient (Wildman–Crippen LogP) is 2.25. The lowest BCUT2D eigenvalue weighted by Crippen LogP contribution is -2.59. The van der Waals surface area contributed by atoms with Crippen molar-refractivity contribution >= 4 is 34.9 Å². The van der Waals surface area contributed by atoms with Crippen molar-refractivity contribution in [2.24, 2.45) is 0 Å². The van der Waals surface area contributed by atoms with Crippen LogP contribution < -0.4 is 11.0 Å². The SMILES string of the molecule is Cc1cc(=O)[nH]c(NN2C(Cl)C(=O)[C@@H]2c2cccc(Cl)c2)n1. The molecule has 6 nitrogen and oxygen atoms in total. The lowest BCUT2D eigenvalue weighted by atomic mass is 9.95. The second kappa shape index (κ2) is 5.72. The molecular formula is C14H12Cl2N4O2. The van der Waals surface area contributed by atoms with Crippen LogP contribution in [-0.2, 0) is 4.79 Å². The zero-order valence-electron chi connectivity index (χ0n) is 11.5. The highest BCUT2D eigenvalue weighted by Gasteiger charge is 2.48. The number of rotatable bonds is 3. The van der Waals surface area contributed by atoms with Crippen molar-refractivity contribution < 1.29 is 4.79 Å². The molecule has 2 heterocycles. The number of benzene rings is 1. The molecule has 1 fully saturated rings. The van der Waals surface area contributed by atoms with Crippen LogP contribution in [-0.4, -0.2) is 26.3 Å². The highest BCUT2D eigenvalue weighted by atomic mass is 35.5. The van der Waals surface area contributed by atoms with Gasteiger partial charge in [-0.25, -0.2) is 4.98 Å². The summed E-state index contributed by atoms with van der Waals surface area (Å²) in [5.74, 6) is 0.0848. The largest absolute Gasteiger partial charge is 0.294 e. The molecule has 1 aromatic heterocycles. The quantitative estimate of drug-likeness (QED) is 0.662. The van der Waals surface area contributed by atoms with E-state index in [1.807, 2.05) is 0 Å². The molecule has 0 aliphatic carbocycles. The number of hydrogen-bond donors (Lipinski definition) is 2. The third-order valence-electron chi connectivity index (χ3n) is 3.30. The number of Topliss-reactive ketones (excluding diaryl/α,β-unsaturated/α-hetero) is 1. The van der Waals surface area contributed by atoms with Crippen molar-refractivity contribution in [2.75, 3.05) is 5.43 Å². The molecule has 2 N–H and O–H groups in total. The Morgan fingerprint density at radius 2 is 2.09 bits per heavy atom. The molecule has 1 unspecified atom stereocenters. The van der Waals surface area contributed by atoms with Gasteiger partial charge in [0.25, 0.3) is 5.56 Å². The number of hydrogen-bond acceptors (Lipinski definition) is 5. The van der Waals surface area contributed by atoms with Crippen LogP contribution >= 0.6 is 23.2 Å². The number of carbonyl (C=O) groups is 1. The van der Waals surface area contributed by atoms with Crippen LogP contribution in [0.15, 0.2) is 35.1 Å². The molecule has 114 valence electrons. The first kappa shape index (κ1) is 15.0. The van der Waals surface area contributed by atoms with E-state index in [1.165, 1.54) is 11.1 Å². The van der Waals surface area contributed by atoms with E-state index in [9.17, 15) is 9.59 Å². The van der Waals surface area contributed by atoms with Gasteiger partial charge in [0.15, 0.2) is 11.3 Å². The number of nitrogens with zero attached hydrogens (tertiary/aromatic N) is 2. The zero-order chi connectivity index (χ0) is 15.9. The summed E-state index contributed by atoms with van der Waals surface area (Å²) in [5, 5.41) is 2.05. The first-order chi connectivity index (χ1) is 10.5. The number of halogens is 2. The Balaban J connectivity index is 1.88. The van der Waals surface area contributed by atoms with Gasteiger partial charge in [-0.05, 0) is 24.6 Å². The third-order valence-corrected chi connectivity index (χ3v) is 3.96. The maximum atomic E-state index is 12.1. The van der Waals surface area contributed by atoms with Crippen molar-refractivity contribution in [3.05, 3.63) is 57.0 Å². The summed E-state index contributed by atoms with van der Waals surface area (Å²) in [7, 11) is 0. The van der Waals surface area contributed by atoms with E-state index in [0.29, 0.717) is 10.7 Å². The van der Waals surface area contributed by atoms with Gasteiger partial charge < -0.3 is 0 Å². The Morgan fingerprint density at radius 1 is 1.32 bits per heavy atom. The Bertz CT molecular complexity index is 792. The molecule has 8 heteroatoms. The van der Waals surface area contributed by atoms with Crippen molar-refractivity contribution in [2.45, 2.75) is 18.5 Å². The van der Waals surface area contributed by atoms with Crippen molar-refractivity contribution in [3.63, 3.8) is 0 Å². The van der Waals surface area contributed by atoms with E-state index in [-0.39, 0.29) is 17.3 Å². The van der Waals surface area contributed by atoms with E-state index in [4.69, 9.17) is 23.2 Å². The van der Waals surface area contributed by atoms with Crippen molar-refractivity contribution in [1.82, 2.24) is 15.0 Å². The second-order valence-electron chi connectivity index (χ2n) is 4.95. The van der Waals surface area contributed by atoms with Gasteiger partial charge in [0.2, 0.25) is 5.95 Å². The van der Waals surface area contributed by atoms with Gasteiger partial charge in [-0.15, -0.1) is 0 Å². The van der Waals surface area contributed by atoms with Crippen molar-refractivity contribution in [3.8, 4) is 0 Å². The predicted molar refractivity (Wildman–Crippen MR) is 83.9 cm³/mol. The van der Waals surface area contributed by atoms with E-state index in [2.05, 4.69) is 15.4 Å². The molecule has 2 aromatic rings. The molecule has 2 atom stereocenters. The summed E-state index contributed by atoms with van der Waals surface area (Å²) < 4.78 is 0. The minimum absolute atomic E-state index is 0.147. The summed E-state index contributed by atoms with van der Waals surface area (Å²) in [5.41, 5.74) is 3.03. The number of H-pyrrole nitrogens is 1. The van der Waals surface area contributed by atoms with Gasteiger partial charge in [-0.2, -0.15) is 5.01 Å². The second-order valence-corrected chi connectivity index (χ2v) is 5.80. The van der Waals surface area contributed by atoms with E-state index in [1.54, 1.807) is 31.2 Å². The summed E-state index contributed by atoms with van der Waals surface area (Å²) in [6, 6.07) is 7.78. The van der Waals surface area contributed by atoms with Gasteiger partial charge >= 0.3 is 0 Å². The van der Waals surface area contributed by atoms with Gasteiger partial charge in [0.1, 0.15) is 6.04 Å². The average Bonchev–Trinajstić information content (AvgIpc) is 2.45. The Hall–Kier alpha value is -1.89. The van der Waals surface area contributed by atoms with E-state index in [0.717, 1.165) is 5.56 Å².